The molecule has 8 heteroatoms. The van der Waals surface area contributed by atoms with Crippen LogP contribution < -0.4 is 5.32 Å². The molecule has 0 spiro atoms. The fourth-order valence-electron chi connectivity index (χ4n) is 2.38. The van der Waals surface area contributed by atoms with E-state index in [2.05, 4.69) is 10.2 Å². The van der Waals surface area contributed by atoms with Crippen LogP contribution in [-0.4, -0.2) is 54.6 Å². The SMILES string of the molecule is C[C@H](CCN1CCOCC1)NC(=O)c1ccc([N+](=O)[O-])c(Cl)c1. The summed E-state index contributed by atoms with van der Waals surface area (Å²) in [6, 6.07) is 3.98. The lowest BCUT2D eigenvalue weighted by atomic mass is 10.1. The lowest BCUT2D eigenvalue weighted by Gasteiger charge is -2.27. The van der Waals surface area contributed by atoms with E-state index in [0.717, 1.165) is 39.3 Å². The predicted molar refractivity (Wildman–Crippen MR) is 86.9 cm³/mol. The van der Waals surface area contributed by atoms with Gasteiger partial charge in [0.15, 0.2) is 0 Å². The lowest BCUT2D eigenvalue weighted by Crippen LogP contribution is -2.40. The molecule has 1 aromatic carbocycles. The van der Waals surface area contributed by atoms with E-state index in [-0.39, 0.29) is 22.7 Å². The molecule has 1 amide bonds. The van der Waals surface area contributed by atoms with Crippen molar-refractivity contribution in [3.05, 3.63) is 38.9 Å². The first-order valence-corrected chi connectivity index (χ1v) is 7.90. The van der Waals surface area contributed by atoms with Crippen molar-refractivity contribution in [1.82, 2.24) is 10.2 Å². The molecule has 0 aliphatic carbocycles. The first-order valence-electron chi connectivity index (χ1n) is 7.52. The number of benzene rings is 1. The maximum absolute atomic E-state index is 12.2. The molecule has 23 heavy (non-hydrogen) atoms. The van der Waals surface area contributed by atoms with E-state index in [1.807, 2.05) is 6.92 Å². The average molecular weight is 342 g/mol. The average Bonchev–Trinajstić information content (AvgIpc) is 2.53. The number of carbonyl (C=O) groups is 1. The van der Waals surface area contributed by atoms with E-state index in [1.54, 1.807) is 0 Å². The maximum Gasteiger partial charge on any atom is 0.287 e. The van der Waals surface area contributed by atoms with E-state index in [4.69, 9.17) is 16.3 Å². The Morgan fingerprint density at radius 2 is 2.17 bits per heavy atom. The summed E-state index contributed by atoms with van der Waals surface area (Å²) in [4.78, 5) is 24.6. The number of hydrogen-bond acceptors (Lipinski definition) is 5. The van der Waals surface area contributed by atoms with Crippen LogP contribution >= 0.6 is 11.6 Å². The number of ether oxygens (including phenoxy) is 1. The highest BCUT2D eigenvalue weighted by Crippen LogP contribution is 2.24. The number of halogens is 1. The molecule has 1 atom stereocenters. The van der Waals surface area contributed by atoms with Gasteiger partial charge in [-0.25, -0.2) is 0 Å². The first kappa shape index (κ1) is 17.7. The van der Waals surface area contributed by atoms with E-state index >= 15 is 0 Å². The number of morpholine rings is 1. The zero-order valence-electron chi connectivity index (χ0n) is 13.0. The molecule has 0 unspecified atom stereocenters. The number of nitro benzene ring substituents is 1. The molecule has 0 bridgehead atoms. The van der Waals surface area contributed by atoms with E-state index in [9.17, 15) is 14.9 Å². The van der Waals surface area contributed by atoms with Gasteiger partial charge in [-0.2, -0.15) is 0 Å². The molecule has 1 heterocycles. The smallest absolute Gasteiger partial charge is 0.287 e. The number of nitrogens with zero attached hydrogens (tertiary/aromatic N) is 2. The Morgan fingerprint density at radius 1 is 1.48 bits per heavy atom. The Bertz CT molecular complexity index is 576. The zero-order chi connectivity index (χ0) is 16.8. The van der Waals surface area contributed by atoms with Gasteiger partial charge < -0.3 is 10.1 Å². The molecule has 1 fully saturated rings. The van der Waals surface area contributed by atoms with Crippen molar-refractivity contribution in [2.45, 2.75) is 19.4 Å². The molecule has 0 radical (unpaired) electrons. The third-order valence-corrected chi connectivity index (χ3v) is 4.07. The Hall–Kier alpha value is -1.70. The highest BCUT2D eigenvalue weighted by Gasteiger charge is 2.17. The van der Waals surface area contributed by atoms with Crippen molar-refractivity contribution in [2.24, 2.45) is 0 Å². The Kier molecular flexibility index (Phi) is 6.32. The van der Waals surface area contributed by atoms with Gasteiger partial charge in [-0.05, 0) is 25.5 Å². The van der Waals surface area contributed by atoms with Crippen LogP contribution in [0.2, 0.25) is 5.02 Å². The van der Waals surface area contributed by atoms with Gasteiger partial charge in [0.25, 0.3) is 11.6 Å². The van der Waals surface area contributed by atoms with Gasteiger partial charge in [-0.15, -0.1) is 0 Å². The second kappa shape index (κ2) is 8.24. The number of nitrogens with one attached hydrogen (secondary N) is 1. The summed E-state index contributed by atoms with van der Waals surface area (Å²) >= 11 is 5.83. The van der Waals surface area contributed by atoms with Crippen molar-refractivity contribution in [3.8, 4) is 0 Å². The lowest BCUT2D eigenvalue weighted by molar-refractivity contribution is -0.384. The molecule has 1 saturated heterocycles. The minimum atomic E-state index is -0.574. The van der Waals surface area contributed by atoms with Crippen LogP contribution in [-0.2, 0) is 4.74 Å². The summed E-state index contributed by atoms with van der Waals surface area (Å²) in [6.45, 7) is 6.17. The topological polar surface area (TPSA) is 84.7 Å². The van der Waals surface area contributed by atoms with Crippen molar-refractivity contribution >= 4 is 23.2 Å². The van der Waals surface area contributed by atoms with Gasteiger partial charge >= 0.3 is 0 Å². The monoisotopic (exact) mass is 341 g/mol. The predicted octanol–water partition coefficient (Wildman–Crippen LogP) is 2.09. The van der Waals surface area contributed by atoms with Crippen molar-refractivity contribution < 1.29 is 14.5 Å². The van der Waals surface area contributed by atoms with Gasteiger partial charge in [-0.3, -0.25) is 19.8 Å². The normalized spacial score (nSPS) is 16.8. The summed E-state index contributed by atoms with van der Waals surface area (Å²) in [5.74, 6) is -0.281. The van der Waals surface area contributed by atoms with E-state index < -0.39 is 4.92 Å². The largest absolute Gasteiger partial charge is 0.379 e. The molecule has 7 nitrogen and oxygen atoms in total. The van der Waals surface area contributed by atoms with Crippen LogP contribution in [0.3, 0.4) is 0 Å². The fraction of sp³-hybridized carbons (Fsp3) is 0.533. The van der Waals surface area contributed by atoms with Crippen LogP contribution in [0.25, 0.3) is 0 Å². The van der Waals surface area contributed by atoms with Crippen LogP contribution in [0.15, 0.2) is 18.2 Å². The van der Waals surface area contributed by atoms with Crippen molar-refractivity contribution in [1.29, 1.82) is 0 Å². The molecule has 126 valence electrons. The second-order valence-electron chi connectivity index (χ2n) is 5.54. The maximum atomic E-state index is 12.2. The Balaban J connectivity index is 1.85. The highest BCUT2D eigenvalue weighted by atomic mass is 35.5. The molecule has 2 rings (SSSR count). The number of rotatable bonds is 6. The number of hydrogen-bond donors (Lipinski definition) is 1. The highest BCUT2D eigenvalue weighted by molar-refractivity contribution is 6.33. The van der Waals surface area contributed by atoms with Gasteiger partial charge in [0, 0.05) is 37.3 Å². The second-order valence-corrected chi connectivity index (χ2v) is 5.95. The van der Waals surface area contributed by atoms with E-state index in [0.29, 0.717) is 5.56 Å². The summed E-state index contributed by atoms with van der Waals surface area (Å²) in [6.07, 6.45) is 0.826. The summed E-state index contributed by atoms with van der Waals surface area (Å²) in [5.41, 5.74) is 0.113. The van der Waals surface area contributed by atoms with Crippen molar-refractivity contribution in [3.63, 3.8) is 0 Å². The first-order chi connectivity index (χ1) is 11.0. The van der Waals surface area contributed by atoms with E-state index in [1.165, 1.54) is 18.2 Å². The minimum absolute atomic E-state index is 0.000637. The van der Waals surface area contributed by atoms with Gasteiger partial charge in [0.1, 0.15) is 5.02 Å². The molecular weight excluding hydrogens is 322 g/mol. The van der Waals surface area contributed by atoms with Gasteiger partial charge in [0.2, 0.25) is 0 Å². The Morgan fingerprint density at radius 3 is 2.78 bits per heavy atom. The quantitative estimate of drug-likeness (QED) is 0.632. The fourth-order valence-corrected chi connectivity index (χ4v) is 2.63. The summed E-state index contributed by atoms with van der Waals surface area (Å²) < 4.78 is 5.29. The van der Waals surface area contributed by atoms with Gasteiger partial charge in [0.05, 0.1) is 18.1 Å². The Labute approximate surface area is 139 Å². The number of nitro groups is 1. The molecule has 0 aromatic heterocycles. The zero-order valence-corrected chi connectivity index (χ0v) is 13.7. The van der Waals surface area contributed by atoms with Crippen LogP contribution in [0, 0.1) is 10.1 Å². The number of amides is 1. The molecule has 0 saturated carbocycles. The molecule has 1 aliphatic rings. The molecule has 1 aromatic rings. The molecule has 1 aliphatic heterocycles. The molecular formula is C15H20ClN3O4. The van der Waals surface area contributed by atoms with Crippen molar-refractivity contribution in [2.75, 3.05) is 32.8 Å². The van der Waals surface area contributed by atoms with Crippen LogP contribution in [0.5, 0.6) is 0 Å². The number of carbonyl (C=O) groups excluding carboxylic acids is 1. The minimum Gasteiger partial charge on any atom is -0.379 e. The third kappa shape index (κ3) is 5.16. The molecule has 1 N–H and O–H groups in total. The third-order valence-electron chi connectivity index (χ3n) is 3.77. The van der Waals surface area contributed by atoms with Crippen LogP contribution in [0.1, 0.15) is 23.7 Å². The van der Waals surface area contributed by atoms with Gasteiger partial charge in [-0.1, -0.05) is 11.6 Å². The summed E-state index contributed by atoms with van der Waals surface area (Å²) in [7, 11) is 0. The van der Waals surface area contributed by atoms with Crippen LogP contribution in [0.4, 0.5) is 5.69 Å². The summed E-state index contributed by atoms with van der Waals surface area (Å²) in [5, 5.41) is 13.6. The standard InChI is InChI=1S/C15H20ClN3O4/c1-11(4-5-18-6-8-23-9-7-18)17-15(20)12-2-3-14(19(21)22)13(16)10-12/h2-3,10-11H,4-9H2,1H3,(H,17,20)/t11-/m1/s1.